The molecular weight excluding hydrogens is 290 g/mol. The summed E-state index contributed by atoms with van der Waals surface area (Å²) in [5, 5.41) is 12.1. The highest BCUT2D eigenvalue weighted by molar-refractivity contribution is 5.84. The van der Waals surface area contributed by atoms with Gasteiger partial charge in [-0.2, -0.15) is 0 Å². The Morgan fingerprint density at radius 3 is 2.55 bits per heavy atom. The Bertz CT molecular complexity index is 566. The second kappa shape index (κ2) is 7.25. The van der Waals surface area contributed by atoms with E-state index in [2.05, 4.69) is 10.3 Å². The van der Waals surface area contributed by atoms with Crippen molar-refractivity contribution in [2.45, 2.75) is 31.8 Å². The molecule has 0 bridgehead atoms. The highest BCUT2D eigenvalue weighted by Gasteiger charge is 2.19. The Morgan fingerprint density at radius 1 is 1.32 bits per heavy atom. The molecule has 0 saturated heterocycles. The van der Waals surface area contributed by atoms with Gasteiger partial charge in [0.15, 0.2) is 0 Å². The van der Waals surface area contributed by atoms with E-state index in [-0.39, 0.29) is 12.1 Å². The van der Waals surface area contributed by atoms with Crippen molar-refractivity contribution < 1.29 is 19.6 Å². The van der Waals surface area contributed by atoms with Crippen LogP contribution in [0, 0.1) is 10.1 Å². The molecule has 2 rings (SSSR count). The van der Waals surface area contributed by atoms with Crippen LogP contribution in [-0.2, 0) is 4.74 Å². The van der Waals surface area contributed by atoms with Crippen molar-refractivity contribution in [3.63, 3.8) is 0 Å². The minimum absolute atomic E-state index is 0.00328. The molecule has 22 heavy (non-hydrogen) atoms. The third-order valence-electron chi connectivity index (χ3n) is 3.20. The van der Waals surface area contributed by atoms with E-state index < -0.39 is 11.1 Å². The molecule has 5 N–H and O–H groups in total. The fraction of sp³-hybridized carbons (Fsp3) is 0.385. The van der Waals surface area contributed by atoms with Gasteiger partial charge >= 0.3 is 12.1 Å². The van der Waals surface area contributed by atoms with E-state index in [1.807, 2.05) is 0 Å². The first-order valence-corrected chi connectivity index (χ1v) is 6.91. The monoisotopic (exact) mass is 308 g/mol. The summed E-state index contributed by atoms with van der Waals surface area (Å²) in [6.45, 7) is 0. The first-order chi connectivity index (χ1) is 10.5. The number of rotatable bonds is 4. The van der Waals surface area contributed by atoms with Crippen LogP contribution in [0.1, 0.15) is 25.7 Å². The van der Waals surface area contributed by atoms with Gasteiger partial charge in [-0.15, -0.1) is 0 Å². The van der Waals surface area contributed by atoms with Crippen LogP contribution in [-0.4, -0.2) is 23.2 Å². The Kier molecular flexibility index (Phi) is 5.12. The molecule has 118 valence electrons. The topological polar surface area (TPSA) is 133 Å². The van der Waals surface area contributed by atoms with Gasteiger partial charge in [-0.1, -0.05) is 0 Å². The van der Waals surface area contributed by atoms with Crippen molar-refractivity contribution in [1.82, 2.24) is 5.43 Å². The van der Waals surface area contributed by atoms with Crippen LogP contribution in [0.15, 0.2) is 24.3 Å². The molecular formula is C13H18N5O4+. The van der Waals surface area contributed by atoms with E-state index in [4.69, 9.17) is 10.5 Å². The molecule has 0 aliphatic heterocycles. The highest BCUT2D eigenvalue weighted by atomic mass is 16.7. The van der Waals surface area contributed by atoms with Gasteiger partial charge in [0, 0.05) is 11.1 Å². The smallest absolute Gasteiger partial charge is 0.411 e. The maximum absolute atomic E-state index is 11.7. The largest absolute Gasteiger partial charge is 0.446 e. The molecule has 0 heterocycles. The van der Waals surface area contributed by atoms with Gasteiger partial charge in [-0.3, -0.25) is 11.1 Å². The number of hydrazine groups is 1. The lowest BCUT2D eigenvalue weighted by Crippen LogP contribution is -2.74. The van der Waals surface area contributed by atoms with Gasteiger partial charge < -0.3 is 4.74 Å². The van der Waals surface area contributed by atoms with Crippen LogP contribution < -0.4 is 21.5 Å². The lowest BCUT2D eigenvalue weighted by atomic mass is 10.3. The summed E-state index contributed by atoms with van der Waals surface area (Å²) in [7, 11) is 0. The van der Waals surface area contributed by atoms with Crippen LogP contribution in [0.5, 0.6) is 0 Å². The Hall–Kier alpha value is -2.84. The van der Waals surface area contributed by atoms with Crippen LogP contribution in [0.25, 0.3) is 0 Å². The van der Waals surface area contributed by atoms with Crippen molar-refractivity contribution in [3.8, 4) is 0 Å². The number of carbonyl (C=O) groups excluding carboxylic acids is 1. The fourth-order valence-electron chi connectivity index (χ4n) is 2.22. The number of nitro groups is 1. The van der Waals surface area contributed by atoms with E-state index in [1.165, 1.54) is 0 Å². The number of amides is 1. The number of hydrogen-bond acceptors (Lipinski definition) is 4. The molecule has 1 aliphatic rings. The minimum atomic E-state index is -0.767. The number of nitrogens with zero attached hydrogens (tertiary/aromatic N) is 1. The molecule has 0 unspecified atom stereocenters. The van der Waals surface area contributed by atoms with Crippen LogP contribution in [0.4, 0.5) is 16.2 Å². The second-order valence-corrected chi connectivity index (χ2v) is 4.92. The normalized spacial score (nSPS) is 15.4. The first-order valence-electron chi connectivity index (χ1n) is 6.91. The number of nitrogens with two attached hydrogens (primary N) is 1. The van der Waals surface area contributed by atoms with Crippen LogP contribution >= 0.6 is 0 Å². The van der Waals surface area contributed by atoms with E-state index >= 15 is 0 Å². The summed E-state index contributed by atoms with van der Waals surface area (Å²) in [6, 6.07) is 6.52. The average molecular weight is 308 g/mol. The summed E-state index contributed by atoms with van der Waals surface area (Å²) < 4.78 is 5.28. The van der Waals surface area contributed by atoms with E-state index in [1.54, 1.807) is 29.7 Å². The third-order valence-corrected chi connectivity index (χ3v) is 3.20. The summed E-state index contributed by atoms with van der Waals surface area (Å²) in [6.07, 6.45) is 3.53. The predicted molar refractivity (Wildman–Crippen MR) is 78.7 cm³/mol. The molecule has 0 spiro atoms. The van der Waals surface area contributed by atoms with E-state index in [0.717, 1.165) is 25.7 Å². The number of anilines is 1. The maximum atomic E-state index is 11.7. The first kappa shape index (κ1) is 15.5. The number of benzene rings is 1. The standard InChI is InChI=1S/C13H17N5O4/c14-12(17-18(20)21)15-9-5-7-10(8-6-9)16-13(19)22-11-3-1-2-4-11/h5-8,11H,1-4H2,(H,16,19)(H3,14,15,17)/p+1. The Balaban J connectivity index is 1.88. The quantitative estimate of drug-likeness (QED) is 0.267. The van der Waals surface area contributed by atoms with Gasteiger partial charge in [0.25, 0.3) is 0 Å². The lowest BCUT2D eigenvalue weighted by molar-refractivity contribution is -0.536. The molecule has 1 fully saturated rings. The molecule has 9 heteroatoms. The van der Waals surface area contributed by atoms with Gasteiger partial charge in [-0.25, -0.2) is 19.9 Å². The predicted octanol–water partition coefficient (Wildman–Crippen LogP) is -0.0142. The summed E-state index contributed by atoms with van der Waals surface area (Å²) in [5.41, 5.74) is 8.28. The van der Waals surface area contributed by atoms with Crippen molar-refractivity contribution in [1.29, 1.82) is 0 Å². The number of nitrogens with one attached hydrogen (secondary N) is 3. The van der Waals surface area contributed by atoms with Crippen molar-refractivity contribution >= 4 is 23.4 Å². The molecule has 0 atom stereocenters. The molecule has 1 aromatic carbocycles. The average Bonchev–Trinajstić information content (AvgIpc) is 2.92. The summed E-state index contributed by atoms with van der Waals surface area (Å²) >= 11 is 0. The molecule has 9 nitrogen and oxygen atoms in total. The molecule has 1 aliphatic carbocycles. The molecule has 1 aromatic rings. The van der Waals surface area contributed by atoms with Crippen molar-refractivity contribution in [2.24, 2.45) is 5.73 Å². The molecule has 1 saturated carbocycles. The van der Waals surface area contributed by atoms with Crippen molar-refractivity contribution in [2.75, 3.05) is 5.32 Å². The SMILES string of the molecule is NC(N[N+](=O)[O-])=[NH+]c1ccc(NC(=O)OC2CCCC2)cc1. The second-order valence-electron chi connectivity index (χ2n) is 4.92. The van der Waals surface area contributed by atoms with Crippen LogP contribution in [0.3, 0.4) is 0 Å². The van der Waals surface area contributed by atoms with Gasteiger partial charge in [-0.05, 0) is 49.9 Å². The lowest BCUT2D eigenvalue weighted by Gasteiger charge is -2.12. The zero-order valence-corrected chi connectivity index (χ0v) is 11.9. The van der Waals surface area contributed by atoms with Gasteiger partial charge in [0.2, 0.25) is 5.03 Å². The van der Waals surface area contributed by atoms with Crippen LogP contribution in [0.2, 0.25) is 0 Å². The summed E-state index contributed by atoms with van der Waals surface area (Å²) in [4.78, 5) is 24.5. The molecule has 0 aromatic heterocycles. The minimum Gasteiger partial charge on any atom is -0.446 e. The highest BCUT2D eigenvalue weighted by Crippen LogP contribution is 2.21. The molecule has 0 radical (unpaired) electrons. The number of carbonyl (C=O) groups is 1. The van der Waals surface area contributed by atoms with Crippen molar-refractivity contribution in [3.05, 3.63) is 34.4 Å². The van der Waals surface area contributed by atoms with E-state index in [0.29, 0.717) is 11.4 Å². The van der Waals surface area contributed by atoms with Gasteiger partial charge in [0.1, 0.15) is 6.10 Å². The number of ether oxygens (including phenoxy) is 1. The third kappa shape index (κ3) is 4.93. The number of guanidine groups is 1. The zero-order chi connectivity index (χ0) is 15.9. The Morgan fingerprint density at radius 2 is 1.95 bits per heavy atom. The fourth-order valence-corrected chi connectivity index (χ4v) is 2.22. The van der Waals surface area contributed by atoms with E-state index in [9.17, 15) is 14.9 Å². The maximum Gasteiger partial charge on any atom is 0.411 e. The van der Waals surface area contributed by atoms with Gasteiger partial charge in [0.05, 0.1) is 5.69 Å². The number of hydrogen-bond donors (Lipinski definition) is 4. The summed E-state index contributed by atoms with van der Waals surface area (Å²) in [5.74, 6) is -0.202. The zero-order valence-electron chi connectivity index (χ0n) is 11.9. The Labute approximate surface area is 126 Å². The molecule has 1 amide bonds.